The lowest BCUT2D eigenvalue weighted by molar-refractivity contribution is 0.513. The predicted molar refractivity (Wildman–Crippen MR) is 50.6 cm³/mol. The van der Waals surface area contributed by atoms with Crippen LogP contribution in [0.3, 0.4) is 0 Å². The summed E-state index contributed by atoms with van der Waals surface area (Å²) in [5, 5.41) is 11.9. The largest absolute Gasteiger partial charge is 0.381 e. The minimum absolute atomic E-state index is 0.203. The van der Waals surface area contributed by atoms with Crippen LogP contribution in [0.1, 0.15) is 5.56 Å². The Hall–Kier alpha value is -1.27. The van der Waals surface area contributed by atoms with E-state index in [0.717, 1.165) is 0 Å². The molecule has 0 saturated heterocycles. The zero-order valence-corrected chi connectivity index (χ0v) is 7.61. The first-order valence-corrected chi connectivity index (χ1v) is 4.15. The number of benzene rings is 1. The van der Waals surface area contributed by atoms with Crippen molar-refractivity contribution in [2.75, 3.05) is 18.5 Å². The van der Waals surface area contributed by atoms with Gasteiger partial charge in [-0.3, -0.25) is 0 Å². The summed E-state index contributed by atoms with van der Waals surface area (Å²) in [4.78, 5) is 0. The third-order valence-electron chi connectivity index (χ3n) is 1.51. The number of nitrogens with zero attached hydrogens (tertiary/aromatic N) is 1. The lowest BCUT2D eigenvalue weighted by Gasteiger charge is -2.05. The maximum Gasteiger partial charge on any atom is 0.107 e. The number of alkyl halides is 1. The Morgan fingerprint density at radius 1 is 1.54 bits per heavy atom. The smallest absolute Gasteiger partial charge is 0.107 e. The van der Waals surface area contributed by atoms with Gasteiger partial charge < -0.3 is 5.32 Å². The van der Waals surface area contributed by atoms with E-state index < -0.39 is 6.67 Å². The predicted octanol–water partition coefficient (Wildman–Crippen LogP) is 2.59. The molecule has 0 amide bonds. The molecule has 0 fully saturated rings. The first-order valence-electron chi connectivity index (χ1n) is 3.77. The number of halogens is 2. The lowest BCUT2D eigenvalue weighted by atomic mass is 10.2. The zero-order valence-electron chi connectivity index (χ0n) is 6.85. The maximum atomic E-state index is 11.8. The van der Waals surface area contributed by atoms with Crippen molar-refractivity contribution in [2.24, 2.45) is 0 Å². The topological polar surface area (TPSA) is 35.8 Å². The van der Waals surface area contributed by atoms with Gasteiger partial charge >= 0.3 is 0 Å². The highest BCUT2D eigenvalue weighted by molar-refractivity contribution is 6.33. The van der Waals surface area contributed by atoms with Gasteiger partial charge in [-0.05, 0) is 18.2 Å². The molecule has 0 aliphatic carbocycles. The molecule has 1 aromatic rings. The van der Waals surface area contributed by atoms with Crippen molar-refractivity contribution in [3.8, 4) is 6.07 Å². The van der Waals surface area contributed by atoms with E-state index in [4.69, 9.17) is 16.9 Å². The van der Waals surface area contributed by atoms with E-state index in [1.165, 1.54) is 0 Å². The summed E-state index contributed by atoms with van der Waals surface area (Å²) >= 11 is 5.79. The second-order valence-corrected chi connectivity index (χ2v) is 2.83. The average molecular weight is 199 g/mol. The lowest BCUT2D eigenvalue weighted by Crippen LogP contribution is -2.03. The monoisotopic (exact) mass is 198 g/mol. The van der Waals surface area contributed by atoms with Crippen LogP contribution in [0, 0.1) is 11.3 Å². The fraction of sp³-hybridized carbons (Fsp3) is 0.222. The van der Waals surface area contributed by atoms with Gasteiger partial charge in [0.1, 0.15) is 6.67 Å². The summed E-state index contributed by atoms with van der Waals surface area (Å²) in [6.07, 6.45) is 0. The first-order chi connectivity index (χ1) is 6.27. The highest BCUT2D eigenvalue weighted by Gasteiger charge is 2.00. The normalized spacial score (nSPS) is 9.31. The Balaban J connectivity index is 2.85. The molecule has 0 radical (unpaired) electrons. The number of hydrogen-bond acceptors (Lipinski definition) is 2. The van der Waals surface area contributed by atoms with Crippen LogP contribution >= 0.6 is 11.6 Å². The molecule has 13 heavy (non-hydrogen) atoms. The van der Waals surface area contributed by atoms with Crippen molar-refractivity contribution >= 4 is 17.3 Å². The van der Waals surface area contributed by atoms with Gasteiger partial charge in [-0.2, -0.15) is 5.26 Å². The number of rotatable bonds is 3. The highest BCUT2D eigenvalue weighted by Crippen LogP contribution is 2.22. The molecule has 1 aromatic carbocycles. The molecule has 0 spiro atoms. The molecule has 4 heteroatoms. The summed E-state index contributed by atoms with van der Waals surface area (Å²) in [6.45, 7) is -0.262. The van der Waals surface area contributed by atoms with Crippen LogP contribution in [-0.4, -0.2) is 13.2 Å². The fourth-order valence-electron chi connectivity index (χ4n) is 0.912. The van der Waals surface area contributed by atoms with Crippen LogP contribution in [0.25, 0.3) is 0 Å². The van der Waals surface area contributed by atoms with Crippen molar-refractivity contribution in [2.45, 2.75) is 0 Å². The summed E-state index contributed by atoms with van der Waals surface area (Å²) in [6, 6.07) is 6.80. The molecule has 0 saturated carbocycles. The van der Waals surface area contributed by atoms with Gasteiger partial charge in [0.15, 0.2) is 0 Å². The molecule has 0 atom stereocenters. The minimum Gasteiger partial charge on any atom is -0.381 e. The van der Waals surface area contributed by atoms with Crippen LogP contribution in [-0.2, 0) is 0 Å². The molecule has 0 aliphatic rings. The molecule has 1 N–H and O–H groups in total. The van der Waals surface area contributed by atoms with Gasteiger partial charge in [0.25, 0.3) is 0 Å². The third kappa shape index (κ3) is 2.60. The summed E-state index contributed by atoms with van der Waals surface area (Å²) < 4.78 is 11.8. The van der Waals surface area contributed by atoms with Gasteiger partial charge in [0, 0.05) is 6.54 Å². The van der Waals surface area contributed by atoms with Crippen LogP contribution < -0.4 is 5.32 Å². The number of nitrogens with one attached hydrogen (secondary N) is 1. The van der Waals surface area contributed by atoms with Crippen molar-refractivity contribution in [1.29, 1.82) is 5.26 Å². The van der Waals surface area contributed by atoms with E-state index in [0.29, 0.717) is 16.3 Å². The first kappa shape index (κ1) is 9.82. The molecule has 0 heterocycles. The molecule has 2 nitrogen and oxygen atoms in total. The molecular weight excluding hydrogens is 191 g/mol. The van der Waals surface area contributed by atoms with Crippen molar-refractivity contribution in [3.63, 3.8) is 0 Å². The maximum absolute atomic E-state index is 11.8. The number of anilines is 1. The second kappa shape index (κ2) is 4.68. The van der Waals surface area contributed by atoms with Crippen LogP contribution in [0.4, 0.5) is 10.1 Å². The Morgan fingerprint density at radius 2 is 2.31 bits per heavy atom. The molecule has 0 aliphatic heterocycles. The number of nitriles is 1. The van der Waals surface area contributed by atoms with Crippen molar-refractivity contribution < 1.29 is 4.39 Å². The standard InChI is InChI=1S/C9H8ClFN2/c10-8-2-1-7(6-12)5-9(8)13-4-3-11/h1-2,5,13H,3-4H2. The number of hydrogen-bond donors (Lipinski definition) is 1. The third-order valence-corrected chi connectivity index (χ3v) is 1.83. The summed E-state index contributed by atoms with van der Waals surface area (Å²) in [5.41, 5.74) is 1.10. The van der Waals surface area contributed by atoms with E-state index >= 15 is 0 Å². The second-order valence-electron chi connectivity index (χ2n) is 2.42. The highest BCUT2D eigenvalue weighted by atomic mass is 35.5. The fourth-order valence-corrected chi connectivity index (χ4v) is 1.10. The van der Waals surface area contributed by atoms with Crippen molar-refractivity contribution in [3.05, 3.63) is 28.8 Å². The molecule has 0 unspecified atom stereocenters. The molecule has 1 rings (SSSR count). The van der Waals surface area contributed by atoms with Gasteiger partial charge in [-0.25, -0.2) is 4.39 Å². The summed E-state index contributed by atoms with van der Waals surface area (Å²) in [7, 11) is 0. The Labute approximate surface area is 80.9 Å². The van der Waals surface area contributed by atoms with Gasteiger partial charge in [-0.1, -0.05) is 11.6 Å². The van der Waals surface area contributed by atoms with Gasteiger partial charge in [0.2, 0.25) is 0 Å². The van der Waals surface area contributed by atoms with E-state index in [-0.39, 0.29) is 6.54 Å². The van der Waals surface area contributed by atoms with Crippen molar-refractivity contribution in [1.82, 2.24) is 0 Å². The Kier molecular flexibility index (Phi) is 3.53. The molecular formula is C9H8ClFN2. The molecule has 68 valence electrons. The van der Waals surface area contributed by atoms with Gasteiger partial charge in [0.05, 0.1) is 22.3 Å². The van der Waals surface area contributed by atoms with Crippen LogP contribution in [0.2, 0.25) is 5.02 Å². The van der Waals surface area contributed by atoms with Crippen LogP contribution in [0.15, 0.2) is 18.2 Å². The Morgan fingerprint density at radius 3 is 2.92 bits per heavy atom. The minimum atomic E-state index is -0.465. The van der Waals surface area contributed by atoms with E-state index in [9.17, 15) is 4.39 Å². The quantitative estimate of drug-likeness (QED) is 0.811. The average Bonchev–Trinajstić information content (AvgIpc) is 2.17. The van der Waals surface area contributed by atoms with Crippen LogP contribution in [0.5, 0.6) is 0 Å². The molecule has 0 bridgehead atoms. The van der Waals surface area contributed by atoms with Gasteiger partial charge in [-0.15, -0.1) is 0 Å². The van der Waals surface area contributed by atoms with E-state index in [2.05, 4.69) is 5.32 Å². The molecule has 0 aromatic heterocycles. The van der Waals surface area contributed by atoms with E-state index in [1.54, 1.807) is 18.2 Å². The summed E-state index contributed by atoms with van der Waals surface area (Å²) in [5.74, 6) is 0. The van der Waals surface area contributed by atoms with E-state index in [1.807, 2.05) is 6.07 Å². The zero-order chi connectivity index (χ0) is 9.68. The SMILES string of the molecule is N#Cc1ccc(Cl)c(NCCF)c1. The Bertz CT molecular complexity index is 333.